The number of hydrogen-bond donors (Lipinski definition) is 0. The third-order valence-electron chi connectivity index (χ3n) is 6.61. The Morgan fingerprint density at radius 2 is 1.51 bits per heavy atom. The molecule has 1 aliphatic carbocycles. The van der Waals surface area contributed by atoms with Crippen LogP contribution in [0.5, 0.6) is 11.5 Å². The van der Waals surface area contributed by atoms with Gasteiger partial charge < -0.3 is 9.41 Å². The van der Waals surface area contributed by atoms with Crippen LogP contribution in [0.25, 0.3) is 11.1 Å². The van der Waals surface area contributed by atoms with Crippen LogP contribution < -0.4 is 4.74 Å². The Balaban J connectivity index is 0.00000252. The molecular formula is C30H19N5OPt. The number of benzene rings is 3. The Hall–Kier alpha value is -4.28. The van der Waals surface area contributed by atoms with E-state index in [0.717, 1.165) is 11.3 Å². The van der Waals surface area contributed by atoms with Gasteiger partial charge in [-0.05, 0) is 40.6 Å². The van der Waals surface area contributed by atoms with E-state index in [1.165, 1.54) is 28.6 Å². The Bertz CT molecular complexity index is 1630. The van der Waals surface area contributed by atoms with E-state index < -0.39 is 5.41 Å². The molecule has 0 radical (unpaired) electrons. The van der Waals surface area contributed by atoms with Gasteiger partial charge in [0.2, 0.25) is 0 Å². The number of pyridine rings is 1. The molecule has 180 valence electrons. The van der Waals surface area contributed by atoms with E-state index >= 15 is 0 Å². The third-order valence-corrected chi connectivity index (χ3v) is 6.61. The molecule has 0 fully saturated rings. The van der Waals surface area contributed by atoms with E-state index in [9.17, 15) is 0 Å². The first kappa shape index (κ1) is 23.1. The minimum absolute atomic E-state index is 0. The van der Waals surface area contributed by atoms with Crippen molar-refractivity contribution in [1.29, 1.82) is 0 Å². The molecule has 3 aromatic heterocycles. The molecule has 1 aliphatic rings. The van der Waals surface area contributed by atoms with Crippen LogP contribution in [0.2, 0.25) is 0 Å². The minimum atomic E-state index is -0.621. The fourth-order valence-corrected chi connectivity index (χ4v) is 5.18. The van der Waals surface area contributed by atoms with Crippen LogP contribution in [0.3, 0.4) is 0 Å². The quantitative estimate of drug-likeness (QED) is 0.228. The van der Waals surface area contributed by atoms with Crippen LogP contribution in [-0.2, 0) is 26.5 Å². The van der Waals surface area contributed by atoms with Gasteiger partial charge in [0.05, 0.1) is 11.1 Å². The van der Waals surface area contributed by atoms with Crippen LogP contribution >= 0.6 is 0 Å². The van der Waals surface area contributed by atoms with Crippen molar-refractivity contribution in [3.8, 4) is 22.6 Å². The first-order valence-corrected chi connectivity index (χ1v) is 11.6. The standard InChI is InChI=1S/C30H19N5O.Pt/c1-3-12-27-25(10-1)26-11-2-4-13-28(26)30(27,29-14-5-6-16-32-29)22-8-7-9-23(18-22)36-24-15-17-34(19-24)35-21-31-20-33-35;/h1-17,20-21H;/q-2;+2. The summed E-state index contributed by atoms with van der Waals surface area (Å²) in [7, 11) is 0. The van der Waals surface area contributed by atoms with Gasteiger partial charge in [-0.25, -0.2) is 4.98 Å². The fraction of sp³-hybridized carbons (Fsp3) is 0.0333. The molecule has 0 amide bonds. The summed E-state index contributed by atoms with van der Waals surface area (Å²) in [6, 6.07) is 34.6. The second kappa shape index (κ2) is 9.30. The van der Waals surface area contributed by atoms with E-state index in [4.69, 9.17) is 9.72 Å². The molecule has 7 heteroatoms. The molecule has 0 bridgehead atoms. The molecule has 0 N–H and O–H groups in total. The van der Waals surface area contributed by atoms with Crippen molar-refractivity contribution in [2.75, 3.05) is 0 Å². The first-order chi connectivity index (χ1) is 17.8. The molecule has 6 nitrogen and oxygen atoms in total. The maximum Gasteiger partial charge on any atom is 2.00 e. The van der Waals surface area contributed by atoms with Gasteiger partial charge in [-0.1, -0.05) is 54.6 Å². The van der Waals surface area contributed by atoms with E-state index in [0.29, 0.717) is 11.5 Å². The van der Waals surface area contributed by atoms with E-state index in [-0.39, 0.29) is 21.1 Å². The van der Waals surface area contributed by atoms with Crippen molar-refractivity contribution in [2.45, 2.75) is 5.41 Å². The van der Waals surface area contributed by atoms with Gasteiger partial charge in [0, 0.05) is 17.7 Å². The van der Waals surface area contributed by atoms with Crippen LogP contribution in [0.15, 0.2) is 116 Å². The molecule has 37 heavy (non-hydrogen) atoms. The zero-order valence-corrected chi connectivity index (χ0v) is 21.7. The van der Waals surface area contributed by atoms with Gasteiger partial charge >= 0.3 is 21.1 Å². The number of fused-ring (bicyclic) bond motifs is 3. The van der Waals surface area contributed by atoms with E-state index in [1.54, 1.807) is 15.8 Å². The van der Waals surface area contributed by atoms with Crippen LogP contribution in [-0.4, -0.2) is 24.5 Å². The summed E-state index contributed by atoms with van der Waals surface area (Å²) in [6.45, 7) is 0. The van der Waals surface area contributed by atoms with Crippen LogP contribution in [0.4, 0.5) is 0 Å². The van der Waals surface area contributed by atoms with Crippen molar-refractivity contribution < 1.29 is 25.8 Å². The van der Waals surface area contributed by atoms with Crippen molar-refractivity contribution in [2.24, 2.45) is 0 Å². The normalized spacial score (nSPS) is 12.9. The number of aromatic nitrogens is 5. The largest absolute Gasteiger partial charge is 2.00 e. The Morgan fingerprint density at radius 3 is 2.22 bits per heavy atom. The summed E-state index contributed by atoms with van der Waals surface area (Å²) in [5.74, 6) is 1.15. The number of nitrogens with zero attached hydrogens (tertiary/aromatic N) is 5. The predicted molar refractivity (Wildman–Crippen MR) is 135 cm³/mol. The molecule has 0 atom stereocenters. The van der Waals surface area contributed by atoms with Crippen molar-refractivity contribution in [3.63, 3.8) is 0 Å². The average molecular weight is 661 g/mol. The fourth-order valence-electron chi connectivity index (χ4n) is 5.18. The summed E-state index contributed by atoms with van der Waals surface area (Å²) < 4.78 is 7.87. The molecule has 0 unspecified atom stereocenters. The van der Waals surface area contributed by atoms with Gasteiger partial charge in [0.1, 0.15) is 12.7 Å². The average Bonchev–Trinajstić information content (AvgIpc) is 3.68. The second-order valence-electron chi connectivity index (χ2n) is 8.54. The number of ether oxygens (including phenoxy) is 1. The van der Waals surface area contributed by atoms with Gasteiger partial charge in [-0.15, -0.1) is 29.0 Å². The maximum atomic E-state index is 6.20. The monoisotopic (exact) mass is 660 g/mol. The molecule has 6 aromatic rings. The summed E-state index contributed by atoms with van der Waals surface area (Å²) in [5, 5.41) is 4.13. The van der Waals surface area contributed by atoms with Crippen LogP contribution in [0, 0.1) is 12.3 Å². The summed E-state index contributed by atoms with van der Waals surface area (Å²) in [5.41, 5.74) is 6.06. The Morgan fingerprint density at radius 1 is 0.757 bits per heavy atom. The number of hydrogen-bond acceptors (Lipinski definition) is 4. The molecule has 3 heterocycles. The van der Waals surface area contributed by atoms with Crippen molar-refractivity contribution >= 4 is 0 Å². The number of rotatable bonds is 5. The Kier molecular flexibility index (Phi) is 5.82. The first-order valence-electron chi connectivity index (χ1n) is 11.6. The molecular weight excluding hydrogens is 641 g/mol. The van der Waals surface area contributed by atoms with Gasteiger partial charge in [0.25, 0.3) is 0 Å². The van der Waals surface area contributed by atoms with Crippen LogP contribution in [0.1, 0.15) is 22.4 Å². The Labute approximate surface area is 228 Å². The summed E-state index contributed by atoms with van der Waals surface area (Å²) in [6.07, 6.45) is 9.88. The van der Waals surface area contributed by atoms with E-state index in [1.807, 2.05) is 42.7 Å². The molecule has 0 saturated heterocycles. The topological polar surface area (TPSA) is 57.8 Å². The van der Waals surface area contributed by atoms with Crippen molar-refractivity contribution in [3.05, 3.63) is 151 Å². The van der Waals surface area contributed by atoms with Gasteiger partial charge in [-0.3, -0.25) is 4.98 Å². The van der Waals surface area contributed by atoms with Crippen molar-refractivity contribution in [1.82, 2.24) is 24.5 Å². The smallest absolute Gasteiger partial charge is 0.509 e. The zero-order valence-electron chi connectivity index (χ0n) is 19.4. The minimum Gasteiger partial charge on any atom is -0.509 e. The second-order valence-corrected chi connectivity index (χ2v) is 8.54. The summed E-state index contributed by atoms with van der Waals surface area (Å²) >= 11 is 0. The SMILES string of the molecule is [Pt+2].[c-]1c(Oc2[c-]n(-n3cncn3)cc2)cccc1C1(c2ccccn2)c2ccccc2-c2ccccc21. The predicted octanol–water partition coefficient (Wildman–Crippen LogP) is 5.54. The molecule has 3 aromatic carbocycles. The van der Waals surface area contributed by atoms with Gasteiger partial charge in [0.15, 0.2) is 0 Å². The maximum absolute atomic E-state index is 6.20. The summed E-state index contributed by atoms with van der Waals surface area (Å²) in [4.78, 5) is 10.4. The third kappa shape index (κ3) is 3.64. The molecule has 0 saturated carbocycles. The zero-order chi connectivity index (χ0) is 24.0. The molecule has 0 spiro atoms. The molecule has 7 rings (SSSR count). The van der Waals surface area contributed by atoms with Gasteiger partial charge in [-0.2, -0.15) is 23.0 Å². The molecule has 0 aliphatic heterocycles. The van der Waals surface area contributed by atoms with E-state index in [2.05, 4.69) is 83.0 Å².